The van der Waals surface area contributed by atoms with E-state index in [0.717, 1.165) is 19.2 Å². The predicted molar refractivity (Wildman–Crippen MR) is 78.8 cm³/mol. The quantitative estimate of drug-likeness (QED) is 0.324. The van der Waals surface area contributed by atoms with Crippen molar-refractivity contribution in [1.82, 2.24) is 10.6 Å². The fraction of sp³-hybridized carbons (Fsp3) is 0.833. The van der Waals surface area contributed by atoms with E-state index in [2.05, 4.69) is 44.5 Å². The molecule has 0 heterocycles. The molecule has 0 aromatic carbocycles. The summed E-state index contributed by atoms with van der Waals surface area (Å²) in [5, 5.41) is 16.6. The van der Waals surface area contributed by atoms with E-state index in [0.29, 0.717) is 10.9 Å². The molecule has 0 aromatic rings. The van der Waals surface area contributed by atoms with Crippen LogP contribution in [0, 0.1) is 10.1 Å². The van der Waals surface area contributed by atoms with Crippen molar-refractivity contribution >= 4 is 8.07 Å². The minimum atomic E-state index is -1.23. The Morgan fingerprint density at radius 3 is 2.33 bits per heavy atom. The van der Waals surface area contributed by atoms with Crippen LogP contribution in [0.25, 0.3) is 0 Å². The van der Waals surface area contributed by atoms with Gasteiger partial charge in [0.05, 0.1) is 13.0 Å². The SMILES string of the molecule is CN/C(=C\[N+](=O)[O-])NCCC[Si](C)(C)C(C)(C)C. The number of hydrogen-bond acceptors (Lipinski definition) is 4. The lowest BCUT2D eigenvalue weighted by molar-refractivity contribution is -0.404. The summed E-state index contributed by atoms with van der Waals surface area (Å²) in [5.41, 5.74) is 0. The molecule has 0 unspecified atom stereocenters. The summed E-state index contributed by atoms with van der Waals surface area (Å²) in [4.78, 5) is 9.90. The lowest BCUT2D eigenvalue weighted by Gasteiger charge is -2.37. The molecule has 0 radical (unpaired) electrons. The second kappa shape index (κ2) is 6.77. The fourth-order valence-electron chi connectivity index (χ4n) is 1.43. The molecule has 6 heteroatoms. The average Bonchev–Trinajstić information content (AvgIpc) is 2.20. The molecule has 0 fully saturated rings. The molecule has 0 aliphatic rings. The Hall–Kier alpha value is -1.04. The summed E-state index contributed by atoms with van der Waals surface area (Å²) >= 11 is 0. The lowest BCUT2D eigenvalue weighted by atomic mass is 10.2. The van der Waals surface area contributed by atoms with Gasteiger partial charge in [0, 0.05) is 13.6 Å². The molecule has 0 bridgehead atoms. The van der Waals surface area contributed by atoms with Crippen LogP contribution in [0.3, 0.4) is 0 Å². The van der Waals surface area contributed by atoms with Gasteiger partial charge in [-0.1, -0.05) is 39.9 Å². The van der Waals surface area contributed by atoms with Crippen LogP contribution in [-0.4, -0.2) is 26.6 Å². The van der Waals surface area contributed by atoms with Gasteiger partial charge in [-0.15, -0.1) is 0 Å². The zero-order valence-electron chi connectivity index (χ0n) is 12.5. The first-order valence-electron chi connectivity index (χ1n) is 6.37. The Kier molecular flexibility index (Phi) is 6.38. The molecule has 0 spiro atoms. The number of nitro groups is 1. The molecule has 5 nitrogen and oxygen atoms in total. The van der Waals surface area contributed by atoms with E-state index in [1.165, 1.54) is 6.04 Å². The van der Waals surface area contributed by atoms with Crippen molar-refractivity contribution in [3.8, 4) is 0 Å². The maximum absolute atomic E-state index is 10.3. The van der Waals surface area contributed by atoms with Crippen LogP contribution in [0.2, 0.25) is 24.2 Å². The summed E-state index contributed by atoms with van der Waals surface area (Å²) in [6.07, 6.45) is 2.01. The van der Waals surface area contributed by atoms with Crippen LogP contribution in [0.5, 0.6) is 0 Å². The zero-order valence-corrected chi connectivity index (χ0v) is 13.5. The number of nitrogens with one attached hydrogen (secondary N) is 2. The van der Waals surface area contributed by atoms with Gasteiger partial charge in [0.15, 0.2) is 5.82 Å². The van der Waals surface area contributed by atoms with E-state index in [1.54, 1.807) is 7.05 Å². The van der Waals surface area contributed by atoms with Crippen molar-refractivity contribution < 1.29 is 4.92 Å². The highest BCUT2D eigenvalue weighted by atomic mass is 28.3. The fourth-order valence-corrected chi connectivity index (χ4v) is 3.24. The molecular weight excluding hydrogens is 246 g/mol. The van der Waals surface area contributed by atoms with Gasteiger partial charge in [-0.2, -0.15) is 0 Å². The minimum Gasteiger partial charge on any atom is -0.370 e. The third kappa shape index (κ3) is 6.04. The van der Waals surface area contributed by atoms with Gasteiger partial charge in [0.1, 0.15) is 0 Å². The highest BCUT2D eigenvalue weighted by Gasteiger charge is 2.33. The Bertz CT molecular complexity index is 309. The Labute approximate surface area is 111 Å². The van der Waals surface area contributed by atoms with Crippen molar-refractivity contribution in [3.63, 3.8) is 0 Å². The van der Waals surface area contributed by atoms with Gasteiger partial charge < -0.3 is 10.6 Å². The summed E-state index contributed by atoms with van der Waals surface area (Å²) in [6.45, 7) is 12.5. The van der Waals surface area contributed by atoms with Gasteiger partial charge in [0.25, 0.3) is 6.20 Å². The highest BCUT2D eigenvalue weighted by molar-refractivity contribution is 6.80. The van der Waals surface area contributed by atoms with E-state index in [9.17, 15) is 10.1 Å². The van der Waals surface area contributed by atoms with Crippen LogP contribution >= 0.6 is 0 Å². The first kappa shape index (κ1) is 17.0. The number of hydrogen-bond donors (Lipinski definition) is 2. The van der Waals surface area contributed by atoms with E-state index in [1.807, 2.05) is 0 Å². The maximum Gasteiger partial charge on any atom is 0.274 e. The van der Waals surface area contributed by atoms with Crippen molar-refractivity contribution in [2.75, 3.05) is 13.6 Å². The number of rotatable bonds is 7. The average molecular weight is 273 g/mol. The smallest absolute Gasteiger partial charge is 0.274 e. The summed E-state index contributed by atoms with van der Waals surface area (Å²) in [6, 6.07) is 1.22. The molecule has 0 aliphatic heterocycles. The van der Waals surface area contributed by atoms with E-state index >= 15 is 0 Å². The standard InChI is InChI=1S/C12H27N3O2Si/c1-12(2,3)18(5,6)9-7-8-14-11(13-4)10-15(16)17/h10,13-14H,7-9H2,1-6H3/b11-10+. The molecule has 0 saturated heterocycles. The zero-order chi connectivity index (χ0) is 14.4. The molecular formula is C12H27N3O2Si. The largest absolute Gasteiger partial charge is 0.370 e. The molecule has 0 saturated carbocycles. The van der Waals surface area contributed by atoms with Crippen molar-refractivity contribution in [2.24, 2.45) is 0 Å². The van der Waals surface area contributed by atoms with Crippen molar-refractivity contribution in [2.45, 2.75) is 51.4 Å². The first-order valence-corrected chi connectivity index (χ1v) is 9.58. The van der Waals surface area contributed by atoms with E-state index in [4.69, 9.17) is 0 Å². The van der Waals surface area contributed by atoms with Crippen molar-refractivity contribution in [3.05, 3.63) is 22.1 Å². The summed E-state index contributed by atoms with van der Waals surface area (Å²) < 4.78 is 0. The van der Waals surface area contributed by atoms with Crippen molar-refractivity contribution in [1.29, 1.82) is 0 Å². The van der Waals surface area contributed by atoms with E-state index in [-0.39, 0.29) is 0 Å². The normalized spacial score (nSPS) is 13.3. The third-order valence-corrected chi connectivity index (χ3v) is 9.49. The van der Waals surface area contributed by atoms with Gasteiger partial charge in [0.2, 0.25) is 0 Å². The van der Waals surface area contributed by atoms with Crippen LogP contribution < -0.4 is 10.6 Å². The predicted octanol–water partition coefficient (Wildman–Crippen LogP) is 2.77. The molecule has 2 N–H and O–H groups in total. The molecule has 106 valence electrons. The van der Waals surface area contributed by atoms with Gasteiger partial charge in [-0.25, -0.2) is 0 Å². The molecule has 0 aliphatic carbocycles. The van der Waals surface area contributed by atoms with Gasteiger partial charge >= 0.3 is 0 Å². The monoisotopic (exact) mass is 273 g/mol. The Morgan fingerprint density at radius 2 is 1.94 bits per heavy atom. The summed E-state index contributed by atoms with van der Waals surface area (Å²) in [7, 11) is 0.444. The Morgan fingerprint density at radius 1 is 1.39 bits per heavy atom. The topological polar surface area (TPSA) is 67.2 Å². The molecule has 0 atom stereocenters. The van der Waals surface area contributed by atoms with Crippen LogP contribution in [-0.2, 0) is 0 Å². The summed E-state index contributed by atoms with van der Waals surface area (Å²) in [5.74, 6) is 0.468. The highest BCUT2D eigenvalue weighted by Crippen LogP contribution is 2.39. The molecule has 0 amide bonds. The molecule has 18 heavy (non-hydrogen) atoms. The van der Waals surface area contributed by atoms with Gasteiger partial charge in [-0.3, -0.25) is 10.1 Å². The van der Waals surface area contributed by atoms with Crippen LogP contribution in [0.15, 0.2) is 12.0 Å². The Balaban J connectivity index is 4.11. The maximum atomic E-state index is 10.3. The second-order valence-electron chi connectivity index (χ2n) is 6.24. The van der Waals surface area contributed by atoms with Crippen LogP contribution in [0.4, 0.5) is 0 Å². The van der Waals surface area contributed by atoms with Crippen LogP contribution in [0.1, 0.15) is 27.2 Å². The molecule has 0 rings (SSSR count). The lowest BCUT2D eigenvalue weighted by Crippen LogP contribution is -2.37. The first-order chi connectivity index (χ1) is 8.10. The van der Waals surface area contributed by atoms with E-state index < -0.39 is 13.0 Å². The third-order valence-electron chi connectivity index (χ3n) is 3.83. The molecule has 0 aromatic heterocycles. The number of nitrogens with zero attached hydrogens (tertiary/aromatic N) is 1. The minimum absolute atomic E-state index is 0.398. The van der Waals surface area contributed by atoms with Gasteiger partial charge in [-0.05, 0) is 11.5 Å². The second-order valence-corrected chi connectivity index (χ2v) is 12.0.